The minimum atomic E-state index is 1.23. The van der Waals surface area contributed by atoms with Gasteiger partial charge in [0, 0.05) is 17.2 Å². The lowest BCUT2D eigenvalue weighted by Crippen LogP contribution is -2.31. The summed E-state index contributed by atoms with van der Waals surface area (Å²) in [7, 11) is 2.13. The topological polar surface area (TPSA) is 3.88 Å². The van der Waals surface area contributed by atoms with Crippen molar-refractivity contribution in [3.05, 3.63) is 114 Å². The summed E-state index contributed by atoms with van der Waals surface area (Å²) in [6.45, 7) is 6.50. The van der Waals surface area contributed by atoms with Crippen LogP contribution in [0.4, 0.5) is 0 Å². The van der Waals surface area contributed by atoms with E-state index in [2.05, 4.69) is 130 Å². The molecule has 0 radical (unpaired) electrons. The van der Waals surface area contributed by atoms with Crippen LogP contribution in [0.2, 0.25) is 0 Å². The molecule has 32 heavy (non-hydrogen) atoms. The second-order valence-electron chi connectivity index (χ2n) is 8.82. The van der Waals surface area contributed by atoms with Gasteiger partial charge in [0.1, 0.15) is 7.05 Å². The number of nitrogens with zero attached hydrogens (tertiary/aromatic N) is 1. The molecule has 5 aromatic rings. The van der Waals surface area contributed by atoms with Crippen LogP contribution in [-0.4, -0.2) is 0 Å². The fourth-order valence-electron chi connectivity index (χ4n) is 4.56. The summed E-state index contributed by atoms with van der Waals surface area (Å²) in [5, 5.41) is 2.54. The quantitative estimate of drug-likeness (QED) is 0.268. The molecule has 5 rings (SSSR count). The van der Waals surface area contributed by atoms with Crippen LogP contribution in [-0.2, 0) is 7.05 Å². The van der Waals surface area contributed by atoms with Crippen molar-refractivity contribution in [2.75, 3.05) is 0 Å². The van der Waals surface area contributed by atoms with Gasteiger partial charge in [0.2, 0.25) is 5.69 Å². The second-order valence-corrected chi connectivity index (χ2v) is 8.82. The van der Waals surface area contributed by atoms with Crippen molar-refractivity contribution in [3.8, 4) is 33.5 Å². The highest BCUT2D eigenvalue weighted by Crippen LogP contribution is 2.32. The lowest BCUT2D eigenvalue weighted by atomic mass is 9.94. The highest BCUT2D eigenvalue weighted by molar-refractivity contribution is 5.91. The normalized spacial score (nSPS) is 11.1. The summed E-state index contributed by atoms with van der Waals surface area (Å²) in [4.78, 5) is 0. The Hall–Kier alpha value is -3.71. The molecule has 0 N–H and O–H groups in total. The molecule has 1 nitrogen and oxygen atoms in total. The van der Waals surface area contributed by atoms with Crippen LogP contribution in [0.5, 0.6) is 0 Å². The van der Waals surface area contributed by atoms with Gasteiger partial charge < -0.3 is 0 Å². The monoisotopic (exact) mass is 414 g/mol. The standard InChI is InChI=1S/C31H28N/c1-21-9-11-24(12-10-21)25-13-14-27-18-28(16-15-26(27)17-25)30-19-31(32(4)20-23(30)3)29-8-6-5-7-22(29)2/h5-20H,1-4H3/q+1. The molecule has 156 valence electrons. The van der Waals surface area contributed by atoms with Crippen LogP contribution in [0, 0.1) is 20.8 Å². The lowest BCUT2D eigenvalue weighted by Gasteiger charge is -2.11. The molecule has 1 aromatic heterocycles. The van der Waals surface area contributed by atoms with Crippen LogP contribution < -0.4 is 4.57 Å². The van der Waals surface area contributed by atoms with E-state index in [1.807, 2.05) is 0 Å². The van der Waals surface area contributed by atoms with Crippen LogP contribution >= 0.6 is 0 Å². The molecular weight excluding hydrogens is 386 g/mol. The maximum atomic E-state index is 2.33. The van der Waals surface area contributed by atoms with E-state index in [0.717, 1.165) is 0 Å². The second kappa shape index (κ2) is 8.09. The summed E-state index contributed by atoms with van der Waals surface area (Å²) in [5.74, 6) is 0. The summed E-state index contributed by atoms with van der Waals surface area (Å²) in [6.07, 6.45) is 2.24. The van der Waals surface area contributed by atoms with Gasteiger partial charge in [-0.1, -0.05) is 72.3 Å². The van der Waals surface area contributed by atoms with Gasteiger partial charge in [0.15, 0.2) is 6.20 Å². The van der Waals surface area contributed by atoms with E-state index in [1.165, 1.54) is 61.0 Å². The molecule has 0 saturated heterocycles. The number of fused-ring (bicyclic) bond motifs is 1. The number of rotatable bonds is 3. The molecule has 1 heterocycles. The number of aromatic nitrogens is 1. The average Bonchev–Trinajstić information content (AvgIpc) is 2.80. The van der Waals surface area contributed by atoms with Gasteiger partial charge in [-0.2, -0.15) is 0 Å². The van der Waals surface area contributed by atoms with Crippen molar-refractivity contribution in [1.29, 1.82) is 0 Å². The molecule has 1 heteroatoms. The summed E-state index contributed by atoms with van der Waals surface area (Å²) < 4.78 is 2.23. The van der Waals surface area contributed by atoms with E-state index in [4.69, 9.17) is 0 Å². The molecule has 0 amide bonds. The Morgan fingerprint density at radius 2 is 1.16 bits per heavy atom. The molecule has 0 aliphatic carbocycles. The zero-order chi connectivity index (χ0) is 22.2. The SMILES string of the molecule is Cc1ccc(-c2ccc3cc(-c4cc(-c5ccccc5C)[n+](C)cc4C)ccc3c2)cc1. The first-order valence-corrected chi connectivity index (χ1v) is 11.2. The van der Waals surface area contributed by atoms with Crippen molar-refractivity contribution in [2.24, 2.45) is 7.05 Å². The number of aryl methyl sites for hydroxylation is 4. The van der Waals surface area contributed by atoms with Gasteiger partial charge >= 0.3 is 0 Å². The Morgan fingerprint density at radius 3 is 1.88 bits per heavy atom. The summed E-state index contributed by atoms with van der Waals surface area (Å²) >= 11 is 0. The summed E-state index contributed by atoms with van der Waals surface area (Å²) in [6, 6.07) is 33.3. The van der Waals surface area contributed by atoms with Crippen LogP contribution in [0.15, 0.2) is 97.2 Å². The van der Waals surface area contributed by atoms with Crippen molar-refractivity contribution in [3.63, 3.8) is 0 Å². The minimum absolute atomic E-state index is 1.23. The molecular formula is C31H28N+. The molecule has 0 aliphatic rings. The van der Waals surface area contributed by atoms with Crippen LogP contribution in [0.25, 0.3) is 44.3 Å². The van der Waals surface area contributed by atoms with Gasteiger partial charge in [-0.15, -0.1) is 0 Å². The van der Waals surface area contributed by atoms with E-state index in [-0.39, 0.29) is 0 Å². The maximum Gasteiger partial charge on any atom is 0.213 e. The van der Waals surface area contributed by atoms with Gasteiger partial charge in [-0.05, 0) is 77.6 Å². The first kappa shape index (κ1) is 20.2. The van der Waals surface area contributed by atoms with Crippen molar-refractivity contribution in [2.45, 2.75) is 20.8 Å². The third kappa shape index (κ3) is 3.71. The Bertz CT molecular complexity index is 1440. The lowest BCUT2D eigenvalue weighted by molar-refractivity contribution is -0.660. The Labute approximate surface area is 190 Å². The average molecular weight is 415 g/mol. The fourth-order valence-corrected chi connectivity index (χ4v) is 4.56. The predicted octanol–water partition coefficient (Wildman–Crippen LogP) is 7.59. The van der Waals surface area contributed by atoms with Gasteiger partial charge in [0.25, 0.3) is 0 Å². The largest absolute Gasteiger partial charge is 0.213 e. The number of benzene rings is 4. The molecule has 0 aliphatic heterocycles. The Kier molecular flexibility index (Phi) is 5.11. The molecule has 4 aromatic carbocycles. The summed E-state index contributed by atoms with van der Waals surface area (Å²) in [5.41, 5.74) is 11.4. The van der Waals surface area contributed by atoms with Gasteiger partial charge in [0.05, 0.1) is 0 Å². The maximum absolute atomic E-state index is 2.33. The van der Waals surface area contributed by atoms with Crippen LogP contribution in [0.3, 0.4) is 0 Å². The Balaban J connectivity index is 1.59. The smallest absolute Gasteiger partial charge is 0.201 e. The number of pyridine rings is 1. The van der Waals surface area contributed by atoms with Crippen molar-refractivity contribution in [1.82, 2.24) is 0 Å². The highest BCUT2D eigenvalue weighted by Gasteiger charge is 2.16. The van der Waals surface area contributed by atoms with Crippen LogP contribution in [0.1, 0.15) is 16.7 Å². The molecule has 0 saturated carbocycles. The van der Waals surface area contributed by atoms with Gasteiger partial charge in [-0.3, -0.25) is 0 Å². The number of hydrogen-bond donors (Lipinski definition) is 0. The van der Waals surface area contributed by atoms with E-state index < -0.39 is 0 Å². The van der Waals surface area contributed by atoms with Gasteiger partial charge in [-0.25, -0.2) is 4.57 Å². The van der Waals surface area contributed by atoms with Crippen molar-refractivity contribution < 1.29 is 4.57 Å². The molecule has 0 fully saturated rings. The molecule has 0 atom stereocenters. The zero-order valence-corrected chi connectivity index (χ0v) is 19.2. The molecule has 0 unspecified atom stereocenters. The van der Waals surface area contributed by atoms with E-state index in [1.54, 1.807) is 0 Å². The third-order valence-electron chi connectivity index (χ3n) is 6.43. The first-order chi connectivity index (χ1) is 15.5. The van der Waals surface area contributed by atoms with Crippen molar-refractivity contribution >= 4 is 10.8 Å². The minimum Gasteiger partial charge on any atom is -0.201 e. The molecule has 0 bridgehead atoms. The van der Waals surface area contributed by atoms with E-state index in [0.29, 0.717) is 0 Å². The highest BCUT2D eigenvalue weighted by atomic mass is 14.9. The fraction of sp³-hybridized carbons (Fsp3) is 0.129. The molecule has 0 spiro atoms. The first-order valence-electron chi connectivity index (χ1n) is 11.2. The Morgan fingerprint density at radius 1 is 0.531 bits per heavy atom. The van der Waals surface area contributed by atoms with E-state index in [9.17, 15) is 0 Å². The third-order valence-corrected chi connectivity index (χ3v) is 6.43. The predicted molar refractivity (Wildman–Crippen MR) is 136 cm³/mol. The number of hydrogen-bond acceptors (Lipinski definition) is 0. The zero-order valence-electron chi connectivity index (χ0n) is 19.2. The van der Waals surface area contributed by atoms with E-state index >= 15 is 0 Å².